The Bertz CT molecular complexity index is 1090. The Morgan fingerprint density at radius 2 is 1.86 bits per heavy atom. The molecule has 0 amide bonds. The molecule has 200 valence electrons. The molecule has 0 aromatic heterocycles. The van der Waals surface area contributed by atoms with E-state index in [9.17, 15) is 13.2 Å². The van der Waals surface area contributed by atoms with Gasteiger partial charge in [-0.25, -0.2) is 0 Å². The van der Waals surface area contributed by atoms with Crippen LogP contribution < -0.4 is 0 Å². The van der Waals surface area contributed by atoms with E-state index in [2.05, 4.69) is 25.6 Å². The molecule has 1 heterocycles. The molecular formula is C27H37BF3N5O. The molecule has 1 aromatic rings. The van der Waals surface area contributed by atoms with Crippen LogP contribution in [0.2, 0.25) is 0 Å². The van der Waals surface area contributed by atoms with Crippen LogP contribution >= 0.6 is 0 Å². The molecule has 0 unspecified atom stereocenters. The van der Waals surface area contributed by atoms with Crippen molar-refractivity contribution in [3.8, 4) is 6.26 Å². The third-order valence-electron chi connectivity index (χ3n) is 6.34. The van der Waals surface area contributed by atoms with Crippen LogP contribution in [-0.2, 0) is 17.6 Å². The number of rotatable bonds is 12. The van der Waals surface area contributed by atoms with Crippen LogP contribution in [0.5, 0.6) is 0 Å². The zero-order valence-corrected chi connectivity index (χ0v) is 22.7. The Morgan fingerprint density at radius 3 is 2.43 bits per heavy atom. The van der Waals surface area contributed by atoms with Crippen molar-refractivity contribution in [1.82, 2.24) is 19.8 Å². The zero-order chi connectivity index (χ0) is 27.8. The van der Waals surface area contributed by atoms with Gasteiger partial charge in [-0.2, -0.15) is 0 Å². The summed E-state index contributed by atoms with van der Waals surface area (Å²) in [6, 6.07) is 4.16. The van der Waals surface area contributed by atoms with Gasteiger partial charge in [-0.15, -0.1) is 0 Å². The number of nitrogens with zero attached hydrogens (tertiary/aromatic N) is 5. The number of hydrogen-bond acceptors (Lipinski definition) is 6. The van der Waals surface area contributed by atoms with Crippen molar-refractivity contribution >= 4 is 24.0 Å². The standard InChI is InChI=1S/C27H37BF3N5O/c1-8-10-11-12-23-24(20(3)4)15-22(18-35-14-13-33(6)26(35)28-37-19-32)16-25(23)21(5)17-36(9-2)34(7)27(29,30)31/h13-17H,3,8-12,18H2,1-2,4-7H3/b21-17+. The van der Waals surface area contributed by atoms with Crippen LogP contribution in [0.15, 0.2) is 37.3 Å². The maximum absolute atomic E-state index is 13.4. The molecule has 0 fully saturated rings. The van der Waals surface area contributed by atoms with E-state index >= 15 is 0 Å². The first-order valence-electron chi connectivity index (χ1n) is 12.4. The van der Waals surface area contributed by atoms with Crippen molar-refractivity contribution in [3.05, 3.63) is 59.6 Å². The van der Waals surface area contributed by atoms with Crippen molar-refractivity contribution in [1.29, 1.82) is 5.26 Å². The molecule has 1 aliphatic rings. The average molecular weight is 515 g/mol. The van der Waals surface area contributed by atoms with E-state index in [0.29, 0.717) is 17.3 Å². The summed E-state index contributed by atoms with van der Waals surface area (Å²) in [5, 5.41) is 10.3. The Balaban J connectivity index is 2.60. The van der Waals surface area contributed by atoms with Gasteiger partial charge in [0.25, 0.3) is 0 Å². The van der Waals surface area contributed by atoms with Gasteiger partial charge in [0.1, 0.15) is 0 Å². The predicted molar refractivity (Wildman–Crippen MR) is 144 cm³/mol. The molecule has 0 N–H and O–H groups in total. The molecule has 0 spiro atoms. The van der Waals surface area contributed by atoms with Crippen LogP contribution in [0.1, 0.15) is 69.2 Å². The van der Waals surface area contributed by atoms with Gasteiger partial charge in [0.05, 0.1) is 0 Å². The van der Waals surface area contributed by atoms with Gasteiger partial charge in [0, 0.05) is 0 Å². The van der Waals surface area contributed by atoms with E-state index in [4.69, 9.17) is 9.92 Å². The molecule has 0 aliphatic carbocycles. The summed E-state index contributed by atoms with van der Waals surface area (Å²) in [7, 11) is 4.27. The van der Waals surface area contributed by atoms with Crippen LogP contribution in [0.25, 0.3) is 11.1 Å². The van der Waals surface area contributed by atoms with Crippen molar-refractivity contribution in [2.75, 3.05) is 20.6 Å². The normalized spacial score (nSPS) is 14.8. The molecular weight excluding hydrogens is 478 g/mol. The van der Waals surface area contributed by atoms with Gasteiger partial charge >= 0.3 is 220 Å². The quantitative estimate of drug-likeness (QED) is 0.113. The van der Waals surface area contributed by atoms with E-state index < -0.39 is 6.30 Å². The summed E-state index contributed by atoms with van der Waals surface area (Å²) in [4.78, 5) is 3.79. The van der Waals surface area contributed by atoms with Crippen molar-refractivity contribution in [3.63, 3.8) is 0 Å². The van der Waals surface area contributed by atoms with Gasteiger partial charge < -0.3 is 0 Å². The number of allylic oxidation sites excluding steroid dienone is 2. The summed E-state index contributed by atoms with van der Waals surface area (Å²) in [5.41, 5.74) is 6.33. The second-order valence-electron chi connectivity index (χ2n) is 9.19. The number of unbranched alkanes of at least 4 members (excludes halogenated alkanes) is 2. The Hall–Kier alpha value is -3.19. The number of benzene rings is 1. The molecule has 0 bridgehead atoms. The van der Waals surface area contributed by atoms with Crippen molar-refractivity contribution in [2.45, 2.75) is 66.2 Å². The first-order valence-corrected chi connectivity index (χ1v) is 12.4. The Morgan fingerprint density at radius 1 is 1.19 bits per heavy atom. The van der Waals surface area contributed by atoms with E-state index in [-0.39, 0.29) is 6.54 Å². The maximum atomic E-state index is 13.4. The molecule has 37 heavy (non-hydrogen) atoms. The van der Waals surface area contributed by atoms with E-state index in [1.807, 2.05) is 43.1 Å². The Labute approximate surface area is 219 Å². The fraction of sp³-hybridized carbons (Fsp3) is 0.481. The van der Waals surface area contributed by atoms with Crippen molar-refractivity contribution < 1.29 is 17.8 Å². The molecule has 1 aromatic carbocycles. The van der Waals surface area contributed by atoms with E-state index in [1.54, 1.807) is 19.4 Å². The summed E-state index contributed by atoms with van der Waals surface area (Å²) in [6.07, 6.45) is 6.42. The van der Waals surface area contributed by atoms with Crippen LogP contribution in [0, 0.1) is 11.5 Å². The van der Waals surface area contributed by atoms with Gasteiger partial charge in [-0.1, -0.05) is 0 Å². The summed E-state index contributed by atoms with van der Waals surface area (Å²) in [5.74, 6) is 0. The second-order valence-corrected chi connectivity index (χ2v) is 9.19. The molecule has 0 saturated carbocycles. The van der Waals surface area contributed by atoms with E-state index in [0.717, 1.165) is 66.1 Å². The SMILES string of the molecule is C=C(C)c1cc(CN2C=CN(C)C2=BOC#N)cc(/C(C)=C/N(CC)N(C)C(F)(F)F)c1CCCCC. The fourth-order valence-electron chi connectivity index (χ4n) is 4.30. The van der Waals surface area contributed by atoms with Gasteiger partial charge in [0.2, 0.25) is 0 Å². The zero-order valence-electron chi connectivity index (χ0n) is 22.7. The number of hydrazine groups is 1. The third-order valence-corrected chi connectivity index (χ3v) is 6.34. The average Bonchev–Trinajstić information content (AvgIpc) is 3.18. The van der Waals surface area contributed by atoms with E-state index in [1.165, 1.54) is 12.1 Å². The first kappa shape index (κ1) is 30.0. The number of halogens is 3. The molecule has 6 nitrogen and oxygen atoms in total. The molecule has 10 heteroatoms. The van der Waals surface area contributed by atoms with Crippen LogP contribution in [0.4, 0.5) is 13.2 Å². The monoisotopic (exact) mass is 515 g/mol. The third kappa shape index (κ3) is 7.90. The van der Waals surface area contributed by atoms with Gasteiger partial charge in [0.15, 0.2) is 0 Å². The fourth-order valence-corrected chi connectivity index (χ4v) is 4.30. The molecule has 0 atom stereocenters. The van der Waals surface area contributed by atoms with Crippen LogP contribution in [-0.4, -0.2) is 59.6 Å². The van der Waals surface area contributed by atoms with Gasteiger partial charge in [-0.3, -0.25) is 0 Å². The first-order chi connectivity index (χ1) is 17.4. The number of hydrogen-bond donors (Lipinski definition) is 0. The minimum absolute atomic E-state index is 0.170. The molecule has 1 aliphatic heterocycles. The van der Waals surface area contributed by atoms with Crippen molar-refractivity contribution in [2.24, 2.45) is 0 Å². The predicted octanol–water partition coefficient (Wildman–Crippen LogP) is 5.92. The molecule has 0 saturated heterocycles. The molecule has 2 rings (SSSR count). The topological polar surface area (TPSA) is 46.0 Å². The van der Waals surface area contributed by atoms with Gasteiger partial charge in [-0.05, 0) is 0 Å². The number of alkyl halides is 3. The summed E-state index contributed by atoms with van der Waals surface area (Å²) in [6.45, 7) is 12.5. The van der Waals surface area contributed by atoms with Crippen LogP contribution in [0.3, 0.4) is 0 Å². The summed E-state index contributed by atoms with van der Waals surface area (Å²) >= 11 is 0. The Kier molecular flexibility index (Phi) is 10.9. The summed E-state index contributed by atoms with van der Waals surface area (Å²) < 4.78 is 45.2. The molecule has 0 radical (unpaired) electrons. The minimum atomic E-state index is -4.48. The number of nitriles is 1. The second kappa shape index (κ2) is 13.4.